The molecule has 0 heterocycles. The third kappa shape index (κ3) is 2.75. The van der Waals surface area contributed by atoms with Gasteiger partial charge in [0.15, 0.2) is 5.84 Å². The van der Waals surface area contributed by atoms with Crippen molar-refractivity contribution in [2.24, 2.45) is 10.9 Å². The van der Waals surface area contributed by atoms with E-state index in [0.717, 1.165) is 0 Å². The molecule has 1 aliphatic rings. The second-order valence-corrected chi connectivity index (χ2v) is 6.90. The Hall–Kier alpha value is -1.28. The Morgan fingerprint density at radius 1 is 1.50 bits per heavy atom. The van der Waals surface area contributed by atoms with Crippen LogP contribution in [0.3, 0.4) is 0 Å². The summed E-state index contributed by atoms with van der Waals surface area (Å²) in [6.07, 6.45) is 1.34. The maximum Gasteiger partial charge on any atom is 0.235 e. The fourth-order valence-electron chi connectivity index (χ4n) is 1.49. The number of hydrogen-bond donors (Lipinski definition) is 3. The van der Waals surface area contributed by atoms with Gasteiger partial charge in [0.25, 0.3) is 0 Å². The van der Waals surface area contributed by atoms with Gasteiger partial charge in [-0.1, -0.05) is 21.1 Å². The van der Waals surface area contributed by atoms with Gasteiger partial charge in [0, 0.05) is 10.0 Å². The van der Waals surface area contributed by atoms with Gasteiger partial charge >= 0.3 is 0 Å². The van der Waals surface area contributed by atoms with Crippen molar-refractivity contribution in [3.05, 3.63) is 28.2 Å². The minimum Gasteiger partial charge on any atom is -0.409 e. The molecule has 8 heteroatoms. The van der Waals surface area contributed by atoms with Crippen LogP contribution in [0.25, 0.3) is 0 Å². The van der Waals surface area contributed by atoms with Crippen LogP contribution in [0.4, 0.5) is 5.69 Å². The third-order valence-corrected chi connectivity index (χ3v) is 4.93. The number of nitrogens with two attached hydrogens (primary N) is 1. The van der Waals surface area contributed by atoms with Crippen molar-refractivity contribution in [3.8, 4) is 0 Å². The van der Waals surface area contributed by atoms with Crippen molar-refractivity contribution < 1.29 is 13.6 Å². The molecule has 2 rings (SSSR count). The van der Waals surface area contributed by atoms with Crippen LogP contribution in [0.15, 0.2) is 27.8 Å². The Balaban J connectivity index is 2.38. The highest BCUT2D eigenvalue weighted by Crippen LogP contribution is 2.31. The Morgan fingerprint density at radius 3 is 2.72 bits per heavy atom. The third-order valence-electron chi connectivity index (χ3n) is 2.58. The normalized spacial score (nSPS) is 16.6. The summed E-state index contributed by atoms with van der Waals surface area (Å²) in [5.41, 5.74) is 6.15. The fourth-order valence-corrected chi connectivity index (χ4v) is 3.26. The van der Waals surface area contributed by atoms with Gasteiger partial charge in [-0.15, -0.1) is 0 Å². The van der Waals surface area contributed by atoms with Gasteiger partial charge in [0.1, 0.15) is 0 Å². The average Bonchev–Trinajstić information content (AvgIpc) is 3.14. The van der Waals surface area contributed by atoms with E-state index in [-0.39, 0.29) is 11.1 Å². The Kier molecular flexibility index (Phi) is 3.49. The molecule has 0 atom stereocenters. The zero-order valence-corrected chi connectivity index (χ0v) is 11.7. The van der Waals surface area contributed by atoms with Crippen LogP contribution in [-0.4, -0.2) is 24.7 Å². The molecule has 1 fully saturated rings. The summed E-state index contributed by atoms with van der Waals surface area (Å²) in [4.78, 5) is 0. The summed E-state index contributed by atoms with van der Waals surface area (Å²) in [6, 6.07) is 4.83. The fraction of sp³-hybridized carbons (Fsp3) is 0.300. The van der Waals surface area contributed by atoms with E-state index in [9.17, 15) is 8.42 Å². The lowest BCUT2D eigenvalue weighted by Crippen LogP contribution is -2.21. The lowest BCUT2D eigenvalue weighted by atomic mass is 10.2. The van der Waals surface area contributed by atoms with Gasteiger partial charge in [0.2, 0.25) is 10.0 Å². The van der Waals surface area contributed by atoms with Crippen LogP contribution < -0.4 is 10.5 Å². The van der Waals surface area contributed by atoms with Crippen molar-refractivity contribution in [2.45, 2.75) is 18.1 Å². The van der Waals surface area contributed by atoms with E-state index in [1.54, 1.807) is 18.2 Å². The summed E-state index contributed by atoms with van der Waals surface area (Å²) in [5.74, 6) is -0.148. The van der Waals surface area contributed by atoms with Gasteiger partial charge in [-0.25, -0.2) is 8.42 Å². The first-order valence-corrected chi connectivity index (χ1v) is 7.57. The molecule has 6 nitrogen and oxygen atoms in total. The van der Waals surface area contributed by atoms with Crippen LogP contribution in [0.2, 0.25) is 0 Å². The molecule has 18 heavy (non-hydrogen) atoms. The van der Waals surface area contributed by atoms with Crippen molar-refractivity contribution >= 4 is 37.5 Å². The molecule has 1 saturated carbocycles. The first-order valence-electron chi connectivity index (χ1n) is 5.23. The second kappa shape index (κ2) is 4.77. The highest BCUT2D eigenvalue weighted by atomic mass is 79.9. The molecular formula is C10H12BrN3O3S. The van der Waals surface area contributed by atoms with Crippen LogP contribution >= 0.6 is 15.9 Å². The summed E-state index contributed by atoms with van der Waals surface area (Å²) in [5, 5.41) is 11.3. The Bertz CT molecular complexity index is 596. The SMILES string of the molecule is N/C(=N/O)c1cc(Br)ccc1NS(=O)(=O)C1CC1. The molecule has 1 aromatic carbocycles. The highest BCUT2D eigenvalue weighted by Gasteiger charge is 2.36. The summed E-state index contributed by atoms with van der Waals surface area (Å²) >= 11 is 3.25. The Labute approximate surface area is 113 Å². The molecule has 0 aliphatic heterocycles. The van der Waals surface area contributed by atoms with Crippen molar-refractivity contribution in [2.75, 3.05) is 4.72 Å². The number of benzene rings is 1. The summed E-state index contributed by atoms with van der Waals surface area (Å²) in [7, 11) is -3.37. The monoisotopic (exact) mass is 333 g/mol. The largest absolute Gasteiger partial charge is 0.409 e. The smallest absolute Gasteiger partial charge is 0.235 e. The number of anilines is 1. The topological polar surface area (TPSA) is 105 Å². The molecule has 0 radical (unpaired) electrons. The first-order chi connectivity index (χ1) is 8.44. The van der Waals surface area contributed by atoms with Crippen LogP contribution in [0.1, 0.15) is 18.4 Å². The predicted octanol–water partition coefficient (Wildman–Crippen LogP) is 1.45. The zero-order valence-electron chi connectivity index (χ0n) is 9.30. The predicted molar refractivity (Wildman–Crippen MR) is 72.2 cm³/mol. The number of nitrogens with zero attached hydrogens (tertiary/aromatic N) is 1. The number of nitrogens with one attached hydrogen (secondary N) is 1. The molecule has 0 saturated heterocycles. The summed E-state index contributed by atoms with van der Waals surface area (Å²) < 4.78 is 26.9. The molecule has 98 valence electrons. The van der Waals surface area contributed by atoms with E-state index in [1.807, 2.05) is 0 Å². The van der Waals surface area contributed by atoms with E-state index >= 15 is 0 Å². The van der Waals surface area contributed by atoms with Gasteiger partial charge in [0.05, 0.1) is 10.9 Å². The average molecular weight is 334 g/mol. The van der Waals surface area contributed by atoms with Crippen molar-refractivity contribution in [3.63, 3.8) is 0 Å². The summed E-state index contributed by atoms with van der Waals surface area (Å²) in [6.45, 7) is 0. The molecular weight excluding hydrogens is 322 g/mol. The molecule has 1 aliphatic carbocycles. The van der Waals surface area contributed by atoms with E-state index in [0.29, 0.717) is 28.6 Å². The minimum absolute atomic E-state index is 0.148. The Morgan fingerprint density at radius 2 is 2.17 bits per heavy atom. The molecule has 1 aromatic rings. The first kappa shape index (κ1) is 13.2. The number of rotatable bonds is 4. The number of halogens is 1. The highest BCUT2D eigenvalue weighted by molar-refractivity contribution is 9.10. The quantitative estimate of drug-likeness (QED) is 0.335. The van der Waals surface area contributed by atoms with E-state index in [1.165, 1.54) is 0 Å². The number of sulfonamides is 1. The maximum absolute atomic E-state index is 11.8. The van der Waals surface area contributed by atoms with Crippen LogP contribution in [-0.2, 0) is 10.0 Å². The lowest BCUT2D eigenvalue weighted by Gasteiger charge is -2.11. The molecule has 4 N–H and O–H groups in total. The van der Waals surface area contributed by atoms with E-state index in [4.69, 9.17) is 10.9 Å². The zero-order chi connectivity index (χ0) is 13.3. The number of hydrogen-bond acceptors (Lipinski definition) is 4. The standard InChI is InChI=1S/C10H12BrN3O3S/c11-6-1-4-9(8(5-6)10(12)13-15)14-18(16,17)7-2-3-7/h1,4-5,7,14-15H,2-3H2,(H2,12,13). The van der Waals surface area contributed by atoms with Gasteiger partial charge in [-0.2, -0.15) is 0 Å². The van der Waals surface area contributed by atoms with Crippen molar-refractivity contribution in [1.29, 1.82) is 0 Å². The molecule has 0 unspecified atom stereocenters. The molecule has 0 bridgehead atoms. The molecule has 0 amide bonds. The maximum atomic E-state index is 11.8. The van der Waals surface area contributed by atoms with Gasteiger partial charge in [-0.05, 0) is 31.0 Å². The van der Waals surface area contributed by atoms with E-state index in [2.05, 4.69) is 25.8 Å². The molecule has 0 aromatic heterocycles. The second-order valence-electron chi connectivity index (χ2n) is 4.02. The number of amidine groups is 1. The van der Waals surface area contributed by atoms with Gasteiger partial charge in [-0.3, -0.25) is 4.72 Å². The molecule has 0 spiro atoms. The van der Waals surface area contributed by atoms with Gasteiger partial charge < -0.3 is 10.9 Å². The van der Waals surface area contributed by atoms with Crippen molar-refractivity contribution in [1.82, 2.24) is 0 Å². The van der Waals surface area contributed by atoms with Crippen LogP contribution in [0.5, 0.6) is 0 Å². The van der Waals surface area contributed by atoms with Crippen LogP contribution in [0, 0.1) is 0 Å². The lowest BCUT2D eigenvalue weighted by molar-refractivity contribution is 0.318. The van der Waals surface area contributed by atoms with E-state index < -0.39 is 10.0 Å². The number of oxime groups is 1. The minimum atomic E-state index is -3.37.